The van der Waals surface area contributed by atoms with Gasteiger partial charge in [-0.25, -0.2) is 0 Å². The summed E-state index contributed by atoms with van der Waals surface area (Å²) in [5, 5.41) is 10.1. The Hall–Kier alpha value is -2.82. The van der Waals surface area contributed by atoms with Crippen LogP contribution >= 0.6 is 0 Å². The lowest BCUT2D eigenvalue weighted by Crippen LogP contribution is -2.12. The molecule has 3 aromatic rings. The molecule has 24 heavy (non-hydrogen) atoms. The molecule has 0 saturated heterocycles. The van der Waals surface area contributed by atoms with Gasteiger partial charge in [0.05, 0.1) is 11.9 Å². The summed E-state index contributed by atoms with van der Waals surface area (Å²) in [6.45, 7) is 5.95. The quantitative estimate of drug-likeness (QED) is 0.751. The van der Waals surface area contributed by atoms with Gasteiger partial charge in [-0.3, -0.25) is 9.89 Å². The van der Waals surface area contributed by atoms with Gasteiger partial charge in [0.15, 0.2) is 5.76 Å². The minimum atomic E-state index is -0.215. The summed E-state index contributed by atoms with van der Waals surface area (Å²) < 4.78 is 5.90. The van der Waals surface area contributed by atoms with Crippen LogP contribution in [0.5, 0.6) is 0 Å². The van der Waals surface area contributed by atoms with E-state index in [1.807, 2.05) is 39.1 Å². The Morgan fingerprint density at radius 3 is 2.67 bits per heavy atom. The van der Waals surface area contributed by atoms with Crippen molar-refractivity contribution in [2.75, 3.05) is 5.32 Å². The maximum atomic E-state index is 12.7. The van der Waals surface area contributed by atoms with Crippen molar-refractivity contribution in [1.82, 2.24) is 10.2 Å². The number of aryl methyl sites for hydroxylation is 4. The molecular formula is C19H19N3O2. The number of furan rings is 1. The van der Waals surface area contributed by atoms with E-state index < -0.39 is 0 Å². The average Bonchev–Trinajstić information content (AvgIpc) is 3.10. The summed E-state index contributed by atoms with van der Waals surface area (Å²) in [6.07, 6.45) is 3.52. The number of aromatic amines is 1. The van der Waals surface area contributed by atoms with Crippen molar-refractivity contribution in [2.24, 2.45) is 0 Å². The van der Waals surface area contributed by atoms with Gasteiger partial charge in [0.2, 0.25) is 0 Å². The normalized spacial score (nSPS) is 12.6. The highest BCUT2D eigenvalue weighted by molar-refractivity contribution is 6.04. The number of rotatable bonds is 2. The van der Waals surface area contributed by atoms with Gasteiger partial charge in [0.1, 0.15) is 5.76 Å². The molecule has 0 radical (unpaired) electrons. The van der Waals surface area contributed by atoms with Gasteiger partial charge >= 0.3 is 0 Å². The summed E-state index contributed by atoms with van der Waals surface area (Å²) in [5.74, 6) is 1.02. The number of carbonyl (C=O) groups excluding carboxylic acids is 1. The van der Waals surface area contributed by atoms with Crippen LogP contribution in [-0.4, -0.2) is 16.1 Å². The maximum Gasteiger partial charge on any atom is 0.291 e. The largest absolute Gasteiger partial charge is 0.455 e. The summed E-state index contributed by atoms with van der Waals surface area (Å²) in [5.41, 5.74) is 7.01. The number of fused-ring (bicyclic) bond motifs is 3. The zero-order valence-electron chi connectivity index (χ0n) is 14.0. The second-order valence-electron chi connectivity index (χ2n) is 6.46. The molecule has 122 valence electrons. The van der Waals surface area contributed by atoms with E-state index in [4.69, 9.17) is 4.42 Å². The standard InChI is InChI=1S/C19H19N3O2/c1-10-6-11(2)8-14(7-10)21-19(23)18-12(3)16-15(24-18)5-4-13-9-20-22-17(13)16/h6-9H,4-5H2,1-3H3,(H,20,22)(H,21,23). The van der Waals surface area contributed by atoms with Gasteiger partial charge in [0, 0.05) is 23.2 Å². The third kappa shape index (κ3) is 2.33. The van der Waals surface area contributed by atoms with Crippen LogP contribution in [0.3, 0.4) is 0 Å². The molecule has 0 bridgehead atoms. The zero-order valence-corrected chi connectivity index (χ0v) is 14.0. The molecular weight excluding hydrogens is 302 g/mol. The highest BCUT2D eigenvalue weighted by atomic mass is 16.4. The van der Waals surface area contributed by atoms with Gasteiger partial charge in [-0.2, -0.15) is 5.10 Å². The molecule has 0 spiro atoms. The molecule has 1 amide bonds. The van der Waals surface area contributed by atoms with E-state index in [1.54, 1.807) is 0 Å². The second-order valence-corrected chi connectivity index (χ2v) is 6.46. The zero-order chi connectivity index (χ0) is 16.8. The van der Waals surface area contributed by atoms with E-state index in [-0.39, 0.29) is 5.91 Å². The average molecular weight is 321 g/mol. The predicted octanol–water partition coefficient (Wildman–Crippen LogP) is 3.95. The Kier molecular flexibility index (Phi) is 3.30. The Labute approximate surface area is 140 Å². The van der Waals surface area contributed by atoms with Crippen LogP contribution in [0.25, 0.3) is 11.3 Å². The Morgan fingerprint density at radius 2 is 1.92 bits per heavy atom. The Morgan fingerprint density at radius 1 is 1.17 bits per heavy atom. The van der Waals surface area contributed by atoms with E-state index in [9.17, 15) is 4.79 Å². The smallest absolute Gasteiger partial charge is 0.291 e. The number of hydrogen-bond acceptors (Lipinski definition) is 3. The van der Waals surface area contributed by atoms with Gasteiger partial charge in [-0.05, 0) is 56.0 Å². The molecule has 2 heterocycles. The van der Waals surface area contributed by atoms with Gasteiger partial charge in [0.25, 0.3) is 5.91 Å². The fourth-order valence-electron chi connectivity index (χ4n) is 3.49. The van der Waals surface area contributed by atoms with Gasteiger partial charge in [-0.1, -0.05) is 6.07 Å². The molecule has 0 saturated carbocycles. The minimum absolute atomic E-state index is 0.215. The van der Waals surface area contributed by atoms with Crippen LogP contribution in [0.2, 0.25) is 0 Å². The molecule has 1 aliphatic rings. The van der Waals surface area contributed by atoms with Crippen LogP contribution in [0.1, 0.15) is 38.6 Å². The monoisotopic (exact) mass is 321 g/mol. The Bertz CT molecular complexity index is 929. The number of benzene rings is 1. The summed E-state index contributed by atoms with van der Waals surface area (Å²) >= 11 is 0. The topological polar surface area (TPSA) is 70.9 Å². The fourth-order valence-corrected chi connectivity index (χ4v) is 3.49. The molecule has 1 aromatic carbocycles. The van der Waals surface area contributed by atoms with Crippen molar-refractivity contribution >= 4 is 11.6 Å². The number of H-pyrrole nitrogens is 1. The molecule has 2 aromatic heterocycles. The van der Waals surface area contributed by atoms with E-state index in [0.29, 0.717) is 5.76 Å². The van der Waals surface area contributed by atoms with Crippen molar-refractivity contribution in [3.63, 3.8) is 0 Å². The number of anilines is 1. The summed E-state index contributed by atoms with van der Waals surface area (Å²) in [7, 11) is 0. The van der Waals surface area contributed by atoms with Crippen LogP contribution in [0.15, 0.2) is 28.8 Å². The molecule has 4 rings (SSSR count). The summed E-state index contributed by atoms with van der Waals surface area (Å²) in [6, 6.07) is 5.98. The van der Waals surface area contributed by atoms with E-state index >= 15 is 0 Å². The fraction of sp³-hybridized carbons (Fsp3) is 0.263. The van der Waals surface area contributed by atoms with Crippen LogP contribution < -0.4 is 5.32 Å². The lowest BCUT2D eigenvalue weighted by Gasteiger charge is -2.09. The highest BCUT2D eigenvalue weighted by Gasteiger charge is 2.28. The van der Waals surface area contributed by atoms with Crippen molar-refractivity contribution in [2.45, 2.75) is 33.6 Å². The number of aromatic nitrogens is 2. The first-order chi connectivity index (χ1) is 11.5. The van der Waals surface area contributed by atoms with Crippen LogP contribution in [-0.2, 0) is 12.8 Å². The van der Waals surface area contributed by atoms with Crippen molar-refractivity contribution in [1.29, 1.82) is 0 Å². The molecule has 1 aliphatic carbocycles. The van der Waals surface area contributed by atoms with E-state index in [2.05, 4.69) is 21.6 Å². The van der Waals surface area contributed by atoms with Crippen molar-refractivity contribution in [3.05, 3.63) is 58.2 Å². The molecule has 0 atom stereocenters. The first-order valence-corrected chi connectivity index (χ1v) is 8.07. The van der Waals surface area contributed by atoms with Crippen LogP contribution in [0.4, 0.5) is 5.69 Å². The number of nitrogens with one attached hydrogen (secondary N) is 2. The predicted molar refractivity (Wildman–Crippen MR) is 92.3 cm³/mol. The van der Waals surface area contributed by atoms with Gasteiger partial charge < -0.3 is 9.73 Å². The molecule has 0 unspecified atom stereocenters. The lowest BCUT2D eigenvalue weighted by molar-refractivity contribution is 0.0994. The number of amides is 1. The maximum absolute atomic E-state index is 12.7. The first kappa shape index (κ1) is 14.8. The molecule has 0 aliphatic heterocycles. The third-order valence-corrected chi connectivity index (χ3v) is 4.49. The van der Waals surface area contributed by atoms with Crippen molar-refractivity contribution < 1.29 is 9.21 Å². The van der Waals surface area contributed by atoms with E-state index in [1.165, 1.54) is 5.56 Å². The van der Waals surface area contributed by atoms with Crippen LogP contribution in [0, 0.1) is 20.8 Å². The lowest BCUT2D eigenvalue weighted by atomic mass is 9.93. The second kappa shape index (κ2) is 5.37. The number of carbonyl (C=O) groups is 1. The number of nitrogens with zero attached hydrogens (tertiary/aromatic N) is 1. The van der Waals surface area contributed by atoms with Crippen molar-refractivity contribution in [3.8, 4) is 11.3 Å². The molecule has 5 heteroatoms. The third-order valence-electron chi connectivity index (χ3n) is 4.49. The highest BCUT2D eigenvalue weighted by Crippen LogP contribution is 2.37. The van der Waals surface area contributed by atoms with E-state index in [0.717, 1.165) is 52.2 Å². The SMILES string of the molecule is Cc1cc(C)cc(NC(=O)c2oc3c(c2C)-c2[nH]ncc2CC3)c1. The number of hydrogen-bond donors (Lipinski definition) is 2. The summed E-state index contributed by atoms with van der Waals surface area (Å²) in [4.78, 5) is 12.7. The Balaban J connectivity index is 1.70. The first-order valence-electron chi connectivity index (χ1n) is 8.07. The molecule has 0 fully saturated rings. The molecule has 2 N–H and O–H groups in total. The van der Waals surface area contributed by atoms with Gasteiger partial charge in [-0.15, -0.1) is 0 Å². The minimum Gasteiger partial charge on any atom is -0.455 e. The molecule has 5 nitrogen and oxygen atoms in total.